The van der Waals surface area contributed by atoms with Crippen molar-refractivity contribution >= 4 is 5.69 Å². The molecule has 2 aromatic rings. The zero-order chi connectivity index (χ0) is 14.8. The van der Waals surface area contributed by atoms with Crippen LogP contribution in [0.4, 0.5) is 14.5 Å². The minimum Gasteiger partial charge on any atom is -0.398 e. The summed E-state index contributed by atoms with van der Waals surface area (Å²) in [5.41, 5.74) is 10.3. The van der Waals surface area contributed by atoms with Crippen molar-refractivity contribution in [2.45, 2.75) is 25.9 Å². The molecule has 0 fully saturated rings. The van der Waals surface area contributed by atoms with Gasteiger partial charge in [0.1, 0.15) is 0 Å². The Balaban J connectivity index is 1.74. The third-order valence-corrected chi connectivity index (χ3v) is 3.99. The van der Waals surface area contributed by atoms with Crippen molar-refractivity contribution in [3.05, 3.63) is 64.7 Å². The molecule has 110 valence electrons. The topological polar surface area (TPSA) is 29.3 Å². The van der Waals surface area contributed by atoms with Crippen molar-refractivity contribution in [1.82, 2.24) is 4.90 Å². The largest absolute Gasteiger partial charge is 0.398 e. The average Bonchev–Trinajstić information content (AvgIpc) is 2.47. The summed E-state index contributed by atoms with van der Waals surface area (Å²) in [4.78, 5) is 2.27. The van der Waals surface area contributed by atoms with Crippen molar-refractivity contribution in [3.8, 4) is 0 Å². The van der Waals surface area contributed by atoms with Crippen LogP contribution in [0.2, 0.25) is 0 Å². The molecule has 0 aliphatic carbocycles. The Morgan fingerprint density at radius 3 is 2.76 bits per heavy atom. The van der Waals surface area contributed by atoms with Gasteiger partial charge in [-0.25, -0.2) is 8.78 Å². The SMILES string of the molecule is Nc1cccc2c1CCN(Cc1cccc(C(F)F)c1)C2. The Bertz CT molecular complexity index is 640. The van der Waals surface area contributed by atoms with E-state index in [9.17, 15) is 8.78 Å². The first-order chi connectivity index (χ1) is 10.1. The van der Waals surface area contributed by atoms with Crippen LogP contribution in [0.5, 0.6) is 0 Å². The molecule has 2 N–H and O–H groups in total. The summed E-state index contributed by atoms with van der Waals surface area (Å²) in [6.45, 7) is 2.41. The van der Waals surface area contributed by atoms with E-state index in [2.05, 4.69) is 11.0 Å². The van der Waals surface area contributed by atoms with Crippen LogP contribution < -0.4 is 5.73 Å². The van der Waals surface area contributed by atoms with E-state index in [1.54, 1.807) is 12.1 Å². The summed E-state index contributed by atoms with van der Waals surface area (Å²) in [5, 5.41) is 0. The van der Waals surface area contributed by atoms with Gasteiger partial charge in [0.05, 0.1) is 0 Å². The van der Waals surface area contributed by atoms with E-state index < -0.39 is 6.43 Å². The molecular formula is C17H18F2N2. The van der Waals surface area contributed by atoms with Gasteiger partial charge in [-0.3, -0.25) is 4.90 Å². The van der Waals surface area contributed by atoms with Gasteiger partial charge in [-0.2, -0.15) is 0 Å². The second kappa shape index (κ2) is 5.82. The van der Waals surface area contributed by atoms with Crippen molar-refractivity contribution in [2.75, 3.05) is 12.3 Å². The molecule has 1 aliphatic heterocycles. The number of nitrogens with two attached hydrogens (primary N) is 1. The quantitative estimate of drug-likeness (QED) is 0.871. The summed E-state index contributed by atoms with van der Waals surface area (Å²) < 4.78 is 25.5. The van der Waals surface area contributed by atoms with Gasteiger partial charge >= 0.3 is 0 Å². The fraction of sp³-hybridized carbons (Fsp3) is 0.294. The summed E-state index contributed by atoms with van der Waals surface area (Å²) in [6, 6.07) is 12.7. The number of alkyl halides is 2. The third-order valence-electron chi connectivity index (χ3n) is 3.99. The summed E-state index contributed by atoms with van der Waals surface area (Å²) in [6.07, 6.45) is -1.50. The number of halogens is 2. The molecule has 0 amide bonds. The van der Waals surface area contributed by atoms with Crippen LogP contribution >= 0.6 is 0 Å². The fourth-order valence-corrected chi connectivity index (χ4v) is 2.92. The Morgan fingerprint density at radius 2 is 1.95 bits per heavy atom. The van der Waals surface area contributed by atoms with Crippen LogP contribution in [0, 0.1) is 0 Å². The van der Waals surface area contributed by atoms with Crippen LogP contribution in [0.3, 0.4) is 0 Å². The molecule has 0 bridgehead atoms. The lowest BCUT2D eigenvalue weighted by molar-refractivity contribution is 0.151. The molecule has 4 heteroatoms. The molecule has 0 saturated carbocycles. The first-order valence-electron chi connectivity index (χ1n) is 7.09. The van der Waals surface area contributed by atoms with Crippen molar-refractivity contribution in [3.63, 3.8) is 0 Å². The molecule has 0 unspecified atom stereocenters. The van der Waals surface area contributed by atoms with Gasteiger partial charge < -0.3 is 5.73 Å². The van der Waals surface area contributed by atoms with E-state index >= 15 is 0 Å². The van der Waals surface area contributed by atoms with E-state index in [1.165, 1.54) is 17.2 Å². The van der Waals surface area contributed by atoms with Crippen molar-refractivity contribution in [1.29, 1.82) is 0 Å². The van der Waals surface area contributed by atoms with Crippen molar-refractivity contribution in [2.24, 2.45) is 0 Å². The highest BCUT2D eigenvalue weighted by Gasteiger charge is 2.18. The zero-order valence-corrected chi connectivity index (χ0v) is 11.7. The molecule has 1 aliphatic rings. The van der Waals surface area contributed by atoms with Gasteiger partial charge in [0, 0.05) is 30.9 Å². The standard InChI is InChI=1S/C17H18F2N2/c18-17(19)13-4-1-3-12(9-13)10-21-8-7-15-14(11-21)5-2-6-16(15)20/h1-6,9,17H,7-8,10-11,20H2. The number of benzene rings is 2. The molecule has 0 spiro atoms. The van der Waals surface area contributed by atoms with Crippen LogP contribution in [-0.2, 0) is 19.5 Å². The molecule has 2 aromatic carbocycles. The summed E-state index contributed by atoms with van der Waals surface area (Å²) in [7, 11) is 0. The van der Waals surface area contributed by atoms with Gasteiger partial charge in [-0.1, -0.05) is 30.3 Å². The van der Waals surface area contributed by atoms with E-state index in [0.717, 1.165) is 30.8 Å². The fourth-order valence-electron chi connectivity index (χ4n) is 2.92. The number of hydrogen-bond acceptors (Lipinski definition) is 2. The lowest BCUT2D eigenvalue weighted by atomic mass is 9.97. The van der Waals surface area contributed by atoms with E-state index in [4.69, 9.17) is 5.73 Å². The van der Waals surface area contributed by atoms with E-state index in [0.29, 0.717) is 6.54 Å². The molecule has 3 rings (SSSR count). The molecule has 2 nitrogen and oxygen atoms in total. The summed E-state index contributed by atoms with van der Waals surface area (Å²) >= 11 is 0. The smallest absolute Gasteiger partial charge is 0.263 e. The number of fused-ring (bicyclic) bond motifs is 1. The molecule has 0 aromatic heterocycles. The predicted octanol–water partition coefficient (Wildman–Crippen LogP) is 3.76. The molecule has 0 atom stereocenters. The normalized spacial score (nSPS) is 15.2. The lowest BCUT2D eigenvalue weighted by Crippen LogP contribution is -2.30. The monoisotopic (exact) mass is 288 g/mol. The number of nitrogens with zero attached hydrogens (tertiary/aromatic N) is 1. The minimum atomic E-state index is -2.41. The molecular weight excluding hydrogens is 270 g/mol. The number of rotatable bonds is 3. The van der Waals surface area contributed by atoms with Gasteiger partial charge in [0.15, 0.2) is 0 Å². The minimum absolute atomic E-state index is 0.0918. The number of anilines is 1. The van der Waals surface area contributed by atoms with Crippen LogP contribution in [0.15, 0.2) is 42.5 Å². The van der Waals surface area contributed by atoms with Crippen molar-refractivity contribution < 1.29 is 8.78 Å². The highest BCUT2D eigenvalue weighted by atomic mass is 19.3. The number of nitrogen functional groups attached to an aromatic ring is 1. The molecule has 21 heavy (non-hydrogen) atoms. The van der Waals surface area contributed by atoms with E-state index in [1.807, 2.05) is 18.2 Å². The first kappa shape index (κ1) is 14.0. The summed E-state index contributed by atoms with van der Waals surface area (Å²) in [5.74, 6) is 0. The Morgan fingerprint density at radius 1 is 1.14 bits per heavy atom. The second-order valence-electron chi connectivity index (χ2n) is 5.49. The molecule has 0 saturated heterocycles. The maximum atomic E-state index is 12.7. The van der Waals surface area contributed by atoms with Gasteiger partial charge in [-0.15, -0.1) is 0 Å². The highest BCUT2D eigenvalue weighted by molar-refractivity contribution is 5.51. The van der Waals surface area contributed by atoms with E-state index in [-0.39, 0.29) is 5.56 Å². The Hall–Kier alpha value is -1.94. The first-order valence-corrected chi connectivity index (χ1v) is 7.09. The van der Waals surface area contributed by atoms with Crippen LogP contribution in [0.25, 0.3) is 0 Å². The number of hydrogen-bond donors (Lipinski definition) is 1. The zero-order valence-electron chi connectivity index (χ0n) is 11.7. The van der Waals surface area contributed by atoms with Gasteiger partial charge in [0.2, 0.25) is 0 Å². The third kappa shape index (κ3) is 3.05. The molecule has 1 heterocycles. The average molecular weight is 288 g/mol. The Labute approximate surface area is 123 Å². The van der Waals surface area contributed by atoms with Crippen LogP contribution in [-0.4, -0.2) is 11.4 Å². The second-order valence-corrected chi connectivity index (χ2v) is 5.49. The van der Waals surface area contributed by atoms with Crippen LogP contribution in [0.1, 0.15) is 28.7 Å². The maximum absolute atomic E-state index is 12.7. The Kier molecular flexibility index (Phi) is 3.88. The van der Waals surface area contributed by atoms with Gasteiger partial charge in [0.25, 0.3) is 6.43 Å². The predicted molar refractivity (Wildman–Crippen MR) is 80.1 cm³/mol. The maximum Gasteiger partial charge on any atom is 0.263 e. The van der Waals surface area contributed by atoms with Gasteiger partial charge in [-0.05, 0) is 35.2 Å². The lowest BCUT2D eigenvalue weighted by Gasteiger charge is -2.29. The highest BCUT2D eigenvalue weighted by Crippen LogP contribution is 2.26. The molecule has 0 radical (unpaired) electrons.